The maximum atomic E-state index is 2.51. The largest absolute Gasteiger partial charge is 1.00 e. The Kier molecular flexibility index (Phi) is 9.61. The summed E-state index contributed by atoms with van der Waals surface area (Å²) >= 11 is 0. The number of hydrogen-bond acceptors (Lipinski definition) is 1. The molecule has 0 N–H and O–H groups in total. The van der Waals surface area contributed by atoms with Crippen molar-refractivity contribution < 1.29 is 21.5 Å². The molecule has 0 bridgehead atoms. The zero-order chi connectivity index (χ0) is 18.0. The number of aromatic nitrogens is 1. The van der Waals surface area contributed by atoms with Gasteiger partial charge >= 0.3 is 0 Å². The van der Waals surface area contributed by atoms with Gasteiger partial charge in [0.2, 0.25) is 0 Å². The zero-order valence-corrected chi connectivity index (χ0v) is 18.2. The first-order valence-corrected chi connectivity index (χ1v) is 10.4. The summed E-state index contributed by atoms with van der Waals surface area (Å²) in [6.07, 6.45) is 18.1. The second-order valence-electron chi connectivity index (χ2n) is 7.40. The highest BCUT2D eigenvalue weighted by Crippen LogP contribution is 2.20. The van der Waals surface area contributed by atoms with Crippen LogP contribution in [0.1, 0.15) is 63.0 Å². The number of nitrogens with zero attached hydrogens (tertiary/aromatic N) is 2. The van der Waals surface area contributed by atoms with Gasteiger partial charge in [0.25, 0.3) is 0 Å². The van der Waals surface area contributed by atoms with E-state index in [0.717, 1.165) is 6.54 Å². The topological polar surface area (TPSA) is 7.12 Å². The normalized spacial score (nSPS) is 14.3. The number of benzene rings is 1. The molecule has 2 aromatic rings. The van der Waals surface area contributed by atoms with Gasteiger partial charge in [-0.2, -0.15) is 0 Å². The predicted molar refractivity (Wildman–Crippen MR) is 112 cm³/mol. The van der Waals surface area contributed by atoms with Crippen molar-refractivity contribution in [1.82, 2.24) is 0 Å². The molecular weight excluding hydrogens is 396 g/mol. The van der Waals surface area contributed by atoms with Crippen LogP contribution in [0.15, 0.2) is 48.8 Å². The minimum atomic E-state index is 0. The number of anilines is 1. The van der Waals surface area contributed by atoms with E-state index in [-0.39, 0.29) is 17.0 Å². The summed E-state index contributed by atoms with van der Waals surface area (Å²) in [5, 5.41) is 0. The maximum absolute atomic E-state index is 2.51. The lowest BCUT2D eigenvalue weighted by Gasteiger charge is -2.28. The van der Waals surface area contributed by atoms with E-state index in [2.05, 4.69) is 77.3 Å². The van der Waals surface area contributed by atoms with Crippen LogP contribution in [-0.4, -0.2) is 13.1 Å². The third kappa shape index (κ3) is 7.14. The SMILES string of the molecule is CCCCCC[n+]1ccc(C=Cc2ccc(N3CCCCC3)cc2)cc1.[Br-]. The van der Waals surface area contributed by atoms with E-state index in [1.54, 1.807) is 0 Å². The van der Waals surface area contributed by atoms with Gasteiger partial charge in [-0.3, -0.25) is 0 Å². The molecular formula is C24H33BrN2. The molecule has 1 aromatic heterocycles. The summed E-state index contributed by atoms with van der Waals surface area (Å²) in [7, 11) is 0. The van der Waals surface area contributed by atoms with Crippen molar-refractivity contribution in [3.05, 3.63) is 59.9 Å². The molecule has 1 fully saturated rings. The van der Waals surface area contributed by atoms with Crippen LogP contribution < -0.4 is 26.4 Å². The molecule has 0 saturated carbocycles. The first-order chi connectivity index (χ1) is 12.8. The Morgan fingerprint density at radius 3 is 2.07 bits per heavy atom. The second kappa shape index (κ2) is 12.0. The van der Waals surface area contributed by atoms with Gasteiger partial charge in [-0.1, -0.05) is 44.1 Å². The van der Waals surface area contributed by atoms with Crippen molar-refractivity contribution in [2.45, 2.75) is 58.4 Å². The van der Waals surface area contributed by atoms with Gasteiger partial charge in [-0.15, -0.1) is 0 Å². The van der Waals surface area contributed by atoms with Gasteiger partial charge in [0.05, 0.1) is 0 Å². The van der Waals surface area contributed by atoms with Crippen LogP contribution >= 0.6 is 0 Å². The van der Waals surface area contributed by atoms with Crippen molar-refractivity contribution >= 4 is 17.8 Å². The Morgan fingerprint density at radius 2 is 1.44 bits per heavy atom. The molecule has 3 heteroatoms. The van der Waals surface area contributed by atoms with E-state index in [4.69, 9.17) is 0 Å². The number of unbranched alkanes of at least 4 members (excludes halogenated alkanes) is 3. The van der Waals surface area contributed by atoms with E-state index < -0.39 is 0 Å². The average molecular weight is 429 g/mol. The number of rotatable bonds is 8. The van der Waals surface area contributed by atoms with Crippen LogP contribution in [-0.2, 0) is 6.54 Å². The lowest BCUT2D eigenvalue weighted by Crippen LogP contribution is -3.00. The summed E-state index contributed by atoms with van der Waals surface area (Å²) in [5.74, 6) is 0. The van der Waals surface area contributed by atoms with Crippen LogP contribution in [0.25, 0.3) is 12.2 Å². The minimum absolute atomic E-state index is 0. The monoisotopic (exact) mass is 428 g/mol. The summed E-state index contributed by atoms with van der Waals surface area (Å²) in [4.78, 5) is 2.51. The van der Waals surface area contributed by atoms with E-state index in [1.165, 1.54) is 74.8 Å². The Morgan fingerprint density at radius 1 is 0.815 bits per heavy atom. The first kappa shape index (κ1) is 21.7. The molecule has 0 amide bonds. The van der Waals surface area contributed by atoms with Gasteiger partial charge in [0.1, 0.15) is 6.54 Å². The highest BCUT2D eigenvalue weighted by atomic mass is 79.9. The van der Waals surface area contributed by atoms with Crippen LogP contribution in [0.5, 0.6) is 0 Å². The standard InChI is InChI=1S/C24H33N2.BrH/c1-2-3-4-6-17-25-20-15-23(16-21-25)10-9-22-11-13-24(14-12-22)26-18-7-5-8-19-26;/h9-16,20-21H,2-8,17-19H2,1H3;1H/q+1;/p-1. The third-order valence-electron chi connectivity index (χ3n) is 5.27. The lowest BCUT2D eigenvalue weighted by molar-refractivity contribution is -0.697. The fourth-order valence-electron chi connectivity index (χ4n) is 3.59. The Hall–Kier alpha value is -1.61. The maximum Gasteiger partial charge on any atom is 0.169 e. The fraction of sp³-hybridized carbons (Fsp3) is 0.458. The molecule has 2 nitrogen and oxygen atoms in total. The van der Waals surface area contributed by atoms with Crippen molar-refractivity contribution in [2.75, 3.05) is 18.0 Å². The smallest absolute Gasteiger partial charge is 0.169 e. The lowest BCUT2D eigenvalue weighted by atomic mass is 10.1. The van der Waals surface area contributed by atoms with Crippen LogP contribution in [0.3, 0.4) is 0 Å². The van der Waals surface area contributed by atoms with Crippen molar-refractivity contribution in [3.8, 4) is 0 Å². The van der Waals surface area contributed by atoms with Gasteiger partial charge in [-0.05, 0) is 48.9 Å². The van der Waals surface area contributed by atoms with Gasteiger partial charge < -0.3 is 21.9 Å². The molecule has 0 unspecified atom stereocenters. The summed E-state index contributed by atoms with van der Waals surface area (Å²) < 4.78 is 2.29. The number of hydrogen-bond donors (Lipinski definition) is 0. The molecule has 2 heterocycles. The van der Waals surface area contributed by atoms with Crippen LogP contribution in [0.2, 0.25) is 0 Å². The van der Waals surface area contributed by atoms with Crippen molar-refractivity contribution in [2.24, 2.45) is 0 Å². The molecule has 1 saturated heterocycles. The van der Waals surface area contributed by atoms with E-state index >= 15 is 0 Å². The van der Waals surface area contributed by atoms with E-state index in [9.17, 15) is 0 Å². The molecule has 0 spiro atoms. The van der Waals surface area contributed by atoms with E-state index in [1.807, 2.05) is 0 Å². The molecule has 0 atom stereocenters. The molecule has 1 aromatic carbocycles. The highest BCUT2D eigenvalue weighted by Gasteiger charge is 2.10. The molecule has 3 rings (SSSR count). The van der Waals surface area contributed by atoms with Gasteiger partial charge in [-0.25, -0.2) is 4.57 Å². The Labute approximate surface area is 175 Å². The van der Waals surface area contributed by atoms with Crippen molar-refractivity contribution in [3.63, 3.8) is 0 Å². The zero-order valence-electron chi connectivity index (χ0n) is 16.6. The molecule has 27 heavy (non-hydrogen) atoms. The number of aryl methyl sites for hydroxylation is 1. The van der Waals surface area contributed by atoms with Gasteiger partial charge in [0.15, 0.2) is 12.4 Å². The van der Waals surface area contributed by atoms with Gasteiger partial charge in [0, 0.05) is 37.3 Å². The summed E-state index contributed by atoms with van der Waals surface area (Å²) in [5.41, 5.74) is 3.89. The minimum Gasteiger partial charge on any atom is -1.00 e. The van der Waals surface area contributed by atoms with E-state index in [0.29, 0.717) is 0 Å². The number of pyridine rings is 1. The third-order valence-corrected chi connectivity index (χ3v) is 5.27. The Balaban J connectivity index is 0.00000261. The fourth-order valence-corrected chi connectivity index (χ4v) is 3.59. The molecule has 1 aliphatic rings. The number of halogens is 1. The van der Waals surface area contributed by atoms with Crippen LogP contribution in [0, 0.1) is 0 Å². The molecule has 146 valence electrons. The molecule has 0 aliphatic carbocycles. The van der Waals surface area contributed by atoms with Crippen molar-refractivity contribution in [1.29, 1.82) is 0 Å². The number of piperidine rings is 1. The highest BCUT2D eigenvalue weighted by molar-refractivity contribution is 5.70. The average Bonchev–Trinajstić information content (AvgIpc) is 2.72. The summed E-state index contributed by atoms with van der Waals surface area (Å²) in [6, 6.07) is 13.4. The second-order valence-corrected chi connectivity index (χ2v) is 7.40. The molecule has 1 aliphatic heterocycles. The first-order valence-electron chi connectivity index (χ1n) is 10.4. The quantitative estimate of drug-likeness (QED) is 0.463. The molecule has 0 radical (unpaired) electrons. The summed E-state index contributed by atoms with van der Waals surface area (Å²) in [6.45, 7) is 5.80. The van der Waals surface area contributed by atoms with Crippen LogP contribution in [0.4, 0.5) is 5.69 Å². The Bertz CT molecular complexity index is 671. The predicted octanol–water partition coefficient (Wildman–Crippen LogP) is 2.72.